The predicted molar refractivity (Wildman–Crippen MR) is 46.1 cm³/mol. The van der Waals surface area contributed by atoms with Crippen LogP contribution in [0.15, 0.2) is 0 Å². The normalized spacial score (nSPS) is 22.8. The lowest BCUT2D eigenvalue weighted by atomic mass is 10.1. The van der Waals surface area contributed by atoms with Gasteiger partial charge in [-0.2, -0.15) is 5.26 Å². The minimum atomic E-state index is -3.48. The van der Waals surface area contributed by atoms with Crippen molar-refractivity contribution in [3.63, 3.8) is 0 Å². The van der Waals surface area contributed by atoms with Gasteiger partial charge in [0.25, 0.3) is 0 Å². The fourth-order valence-corrected chi connectivity index (χ4v) is 2.98. The van der Waals surface area contributed by atoms with Crippen molar-refractivity contribution in [1.82, 2.24) is 0 Å². The Labute approximate surface area is 76.7 Å². The second-order valence-electron chi connectivity index (χ2n) is 3.36. The van der Waals surface area contributed by atoms with Gasteiger partial charge in [0.2, 0.25) is 9.05 Å². The second kappa shape index (κ2) is 2.90. The van der Waals surface area contributed by atoms with E-state index in [0.29, 0.717) is 19.3 Å². The van der Waals surface area contributed by atoms with Crippen LogP contribution in [0.1, 0.15) is 26.2 Å². The molecule has 0 heterocycles. The molecule has 1 rings (SSSR count). The first-order chi connectivity index (χ1) is 5.41. The van der Waals surface area contributed by atoms with Gasteiger partial charge >= 0.3 is 0 Å². The number of rotatable bonds is 3. The first kappa shape index (κ1) is 9.82. The van der Waals surface area contributed by atoms with E-state index in [1.165, 1.54) is 0 Å². The SMILES string of the molecule is CC(C#N)CC1(S(=O)(=O)Cl)CC1. The molecule has 3 nitrogen and oxygen atoms in total. The van der Waals surface area contributed by atoms with E-state index in [1.807, 2.05) is 6.07 Å². The number of nitrogens with zero attached hydrogens (tertiary/aromatic N) is 1. The summed E-state index contributed by atoms with van der Waals surface area (Å²) < 4.78 is 21.3. The third kappa shape index (κ3) is 1.73. The van der Waals surface area contributed by atoms with Crippen LogP contribution in [-0.2, 0) is 9.05 Å². The highest BCUT2D eigenvalue weighted by atomic mass is 35.7. The third-order valence-corrected chi connectivity index (χ3v) is 4.81. The van der Waals surface area contributed by atoms with Crippen molar-refractivity contribution in [1.29, 1.82) is 5.26 Å². The predicted octanol–water partition coefficient (Wildman–Crippen LogP) is 1.64. The summed E-state index contributed by atoms with van der Waals surface area (Å²) in [6.07, 6.45) is 1.57. The van der Waals surface area contributed by atoms with Crippen LogP contribution in [0.2, 0.25) is 0 Å². The molecule has 0 saturated heterocycles. The second-order valence-corrected chi connectivity index (χ2v) is 6.32. The standard InChI is InChI=1S/C7H10ClNO2S/c1-6(5-9)4-7(2-3-7)12(8,10)11/h6H,2-4H2,1H3. The summed E-state index contributed by atoms with van der Waals surface area (Å²) in [6, 6.07) is 2.01. The lowest BCUT2D eigenvalue weighted by Gasteiger charge is -2.11. The molecule has 0 amide bonds. The fraction of sp³-hybridized carbons (Fsp3) is 0.857. The highest BCUT2D eigenvalue weighted by Crippen LogP contribution is 2.49. The Kier molecular flexibility index (Phi) is 2.37. The van der Waals surface area contributed by atoms with E-state index in [-0.39, 0.29) is 5.92 Å². The summed E-state index contributed by atoms with van der Waals surface area (Å²) in [6.45, 7) is 1.71. The van der Waals surface area contributed by atoms with E-state index >= 15 is 0 Å². The lowest BCUT2D eigenvalue weighted by molar-refractivity contribution is 0.557. The zero-order chi connectivity index (χ0) is 9.41. The van der Waals surface area contributed by atoms with Crippen molar-refractivity contribution >= 4 is 19.7 Å². The molecule has 1 aliphatic rings. The highest BCUT2D eigenvalue weighted by Gasteiger charge is 2.54. The Morgan fingerprint density at radius 1 is 1.67 bits per heavy atom. The van der Waals surface area contributed by atoms with E-state index in [9.17, 15) is 8.42 Å². The van der Waals surface area contributed by atoms with Crippen molar-refractivity contribution in [3.8, 4) is 6.07 Å². The van der Waals surface area contributed by atoms with Gasteiger partial charge in [-0.05, 0) is 26.2 Å². The Morgan fingerprint density at radius 2 is 2.17 bits per heavy atom. The minimum absolute atomic E-state index is 0.235. The van der Waals surface area contributed by atoms with E-state index in [0.717, 1.165) is 0 Å². The maximum Gasteiger partial charge on any atom is 0.238 e. The van der Waals surface area contributed by atoms with Gasteiger partial charge in [0.15, 0.2) is 0 Å². The molecule has 12 heavy (non-hydrogen) atoms. The van der Waals surface area contributed by atoms with Crippen molar-refractivity contribution in [2.24, 2.45) is 5.92 Å². The van der Waals surface area contributed by atoms with Crippen molar-refractivity contribution < 1.29 is 8.42 Å². The molecule has 1 atom stereocenters. The number of halogens is 1. The van der Waals surface area contributed by atoms with Gasteiger partial charge < -0.3 is 0 Å². The molecule has 0 aliphatic heterocycles. The van der Waals surface area contributed by atoms with Crippen LogP contribution >= 0.6 is 10.7 Å². The number of hydrogen-bond donors (Lipinski definition) is 0. The van der Waals surface area contributed by atoms with E-state index in [2.05, 4.69) is 0 Å². The molecule has 1 unspecified atom stereocenters. The van der Waals surface area contributed by atoms with Crippen LogP contribution in [0, 0.1) is 17.2 Å². The zero-order valence-electron chi connectivity index (χ0n) is 6.75. The van der Waals surface area contributed by atoms with Gasteiger partial charge in [-0.15, -0.1) is 0 Å². The summed E-state index contributed by atoms with van der Waals surface area (Å²) in [5, 5.41) is 8.50. The first-order valence-corrected chi connectivity index (χ1v) is 6.06. The molecular weight excluding hydrogens is 198 g/mol. The Hall–Kier alpha value is -0.270. The molecule has 0 bridgehead atoms. The molecule has 68 valence electrons. The van der Waals surface area contributed by atoms with E-state index in [1.54, 1.807) is 6.92 Å². The molecule has 5 heteroatoms. The van der Waals surface area contributed by atoms with Gasteiger partial charge in [-0.1, -0.05) is 0 Å². The summed E-state index contributed by atoms with van der Waals surface area (Å²) in [5.74, 6) is -0.235. The molecule has 1 fully saturated rings. The summed E-state index contributed by atoms with van der Waals surface area (Å²) in [4.78, 5) is 0. The topological polar surface area (TPSA) is 57.9 Å². The molecular formula is C7H10ClNO2S. The maximum absolute atomic E-state index is 11.0. The Balaban J connectivity index is 2.71. The summed E-state index contributed by atoms with van der Waals surface area (Å²) in [5.41, 5.74) is 0. The van der Waals surface area contributed by atoms with Crippen LogP contribution in [0.5, 0.6) is 0 Å². The van der Waals surface area contributed by atoms with Crippen molar-refractivity contribution in [2.75, 3.05) is 0 Å². The van der Waals surface area contributed by atoms with Gasteiger partial charge in [0, 0.05) is 16.6 Å². The van der Waals surface area contributed by atoms with Crippen LogP contribution in [0.25, 0.3) is 0 Å². The highest BCUT2D eigenvalue weighted by molar-refractivity contribution is 8.15. The van der Waals surface area contributed by atoms with Gasteiger partial charge in [-0.3, -0.25) is 0 Å². The average molecular weight is 208 g/mol. The average Bonchev–Trinajstić information content (AvgIpc) is 2.67. The molecule has 1 aliphatic carbocycles. The van der Waals surface area contributed by atoms with Gasteiger partial charge in [-0.25, -0.2) is 8.42 Å². The van der Waals surface area contributed by atoms with Crippen LogP contribution in [0.4, 0.5) is 0 Å². The molecule has 0 radical (unpaired) electrons. The monoisotopic (exact) mass is 207 g/mol. The van der Waals surface area contributed by atoms with Crippen LogP contribution in [-0.4, -0.2) is 13.2 Å². The number of hydrogen-bond acceptors (Lipinski definition) is 3. The van der Waals surface area contributed by atoms with Crippen LogP contribution < -0.4 is 0 Å². The molecule has 0 aromatic rings. The lowest BCUT2D eigenvalue weighted by Crippen LogP contribution is -2.20. The number of nitriles is 1. The Morgan fingerprint density at radius 3 is 2.42 bits per heavy atom. The Bertz CT molecular complexity index is 313. The van der Waals surface area contributed by atoms with Crippen molar-refractivity contribution in [2.45, 2.75) is 30.9 Å². The van der Waals surface area contributed by atoms with Gasteiger partial charge in [0.05, 0.1) is 10.8 Å². The summed E-state index contributed by atoms with van der Waals surface area (Å²) in [7, 11) is 1.78. The first-order valence-electron chi connectivity index (χ1n) is 3.75. The molecule has 1 saturated carbocycles. The zero-order valence-corrected chi connectivity index (χ0v) is 8.32. The third-order valence-electron chi connectivity index (χ3n) is 2.22. The molecule has 0 spiro atoms. The minimum Gasteiger partial charge on any atom is -0.212 e. The molecule has 0 N–H and O–H groups in total. The largest absolute Gasteiger partial charge is 0.238 e. The smallest absolute Gasteiger partial charge is 0.212 e. The van der Waals surface area contributed by atoms with Gasteiger partial charge in [0.1, 0.15) is 0 Å². The quantitative estimate of drug-likeness (QED) is 0.661. The maximum atomic E-state index is 11.0. The van der Waals surface area contributed by atoms with E-state index < -0.39 is 13.8 Å². The van der Waals surface area contributed by atoms with Crippen molar-refractivity contribution in [3.05, 3.63) is 0 Å². The van der Waals surface area contributed by atoms with E-state index in [4.69, 9.17) is 15.9 Å². The molecule has 0 aromatic heterocycles. The van der Waals surface area contributed by atoms with Crippen LogP contribution in [0.3, 0.4) is 0 Å². The fourth-order valence-electron chi connectivity index (χ4n) is 1.29. The molecule has 0 aromatic carbocycles. The summed E-state index contributed by atoms with van der Waals surface area (Å²) >= 11 is 0.